The Morgan fingerprint density at radius 2 is 1.59 bits per heavy atom. The van der Waals surface area contributed by atoms with Crippen LogP contribution in [0.25, 0.3) is 0 Å². The molecule has 0 amide bonds. The van der Waals surface area contributed by atoms with E-state index in [-0.39, 0.29) is 5.56 Å². The molecule has 3 aromatic carbocycles. The van der Waals surface area contributed by atoms with Crippen LogP contribution < -0.4 is 4.74 Å². The van der Waals surface area contributed by atoms with E-state index in [2.05, 4.69) is 5.10 Å². The Balaban J connectivity index is 1.64. The fourth-order valence-corrected chi connectivity index (χ4v) is 5.98. The molecule has 198 valence electrons. The second kappa shape index (κ2) is 8.76. The highest BCUT2D eigenvalue weighted by Gasteiger charge is 2.75. The Morgan fingerprint density at radius 1 is 0.949 bits per heavy atom. The van der Waals surface area contributed by atoms with Crippen molar-refractivity contribution >= 4 is 23.9 Å². The van der Waals surface area contributed by atoms with Crippen molar-refractivity contribution in [2.75, 3.05) is 7.11 Å². The maximum absolute atomic E-state index is 14.2. The van der Waals surface area contributed by atoms with Gasteiger partial charge >= 0.3 is 11.9 Å². The molecule has 0 N–H and O–H groups in total. The highest BCUT2D eigenvalue weighted by atomic mass is 19.1. The predicted octanol–water partition coefficient (Wildman–Crippen LogP) is 4.40. The Labute approximate surface area is 224 Å². The van der Waals surface area contributed by atoms with Crippen LogP contribution in [0.3, 0.4) is 0 Å². The van der Waals surface area contributed by atoms with Crippen LogP contribution in [0.1, 0.15) is 52.9 Å². The molecule has 2 saturated heterocycles. The lowest BCUT2D eigenvalue weighted by molar-refractivity contribution is -0.254. The van der Waals surface area contributed by atoms with E-state index in [1.165, 1.54) is 50.2 Å². The predicted molar refractivity (Wildman–Crippen MR) is 138 cm³/mol. The molecular weight excluding hydrogens is 503 g/mol. The first-order valence-electron chi connectivity index (χ1n) is 12.5. The lowest BCUT2D eigenvalue weighted by Gasteiger charge is -2.44. The number of esters is 2. The number of hydrogen-bond donors (Lipinski definition) is 0. The summed E-state index contributed by atoms with van der Waals surface area (Å²) in [5.41, 5.74) is 0.0914. The van der Waals surface area contributed by atoms with Crippen molar-refractivity contribution in [2.24, 2.45) is 10.5 Å². The van der Waals surface area contributed by atoms with Crippen LogP contribution in [0.15, 0.2) is 77.9 Å². The number of fused-ring (bicyclic) bond motifs is 4. The summed E-state index contributed by atoms with van der Waals surface area (Å²) in [6.07, 6.45) is 1.60. The number of hydrogen-bond acceptors (Lipinski definition) is 8. The first kappa shape index (κ1) is 24.8. The normalized spacial score (nSPS) is 24.0. The molecule has 3 heterocycles. The van der Waals surface area contributed by atoms with Gasteiger partial charge < -0.3 is 14.2 Å². The van der Waals surface area contributed by atoms with Crippen LogP contribution in [0, 0.1) is 11.2 Å². The highest BCUT2D eigenvalue weighted by molar-refractivity contribution is 6.09. The summed E-state index contributed by atoms with van der Waals surface area (Å²) < 4.78 is 30.6. The molecule has 2 fully saturated rings. The van der Waals surface area contributed by atoms with Crippen molar-refractivity contribution in [3.63, 3.8) is 0 Å². The van der Waals surface area contributed by atoms with Crippen LogP contribution in [-0.2, 0) is 19.1 Å². The van der Waals surface area contributed by atoms with Gasteiger partial charge in [0.25, 0.3) is 5.79 Å². The van der Waals surface area contributed by atoms with E-state index < -0.39 is 52.7 Å². The third kappa shape index (κ3) is 3.64. The second-order valence-corrected chi connectivity index (χ2v) is 10.3. The average Bonchev–Trinajstić information content (AvgIpc) is 3.24. The van der Waals surface area contributed by atoms with Crippen molar-refractivity contribution < 1.29 is 33.0 Å². The minimum absolute atomic E-state index is 0.211. The molecule has 39 heavy (non-hydrogen) atoms. The number of carbonyl (C=O) groups is 3. The summed E-state index contributed by atoms with van der Waals surface area (Å²) in [5.74, 6) is -4.54. The first-order chi connectivity index (χ1) is 18.7. The summed E-state index contributed by atoms with van der Waals surface area (Å²) in [7, 11) is 1.52. The molecule has 0 saturated carbocycles. The van der Waals surface area contributed by atoms with Gasteiger partial charge in [-0.1, -0.05) is 36.4 Å². The number of ketones is 1. The van der Waals surface area contributed by atoms with E-state index in [0.717, 1.165) is 0 Å². The van der Waals surface area contributed by atoms with Gasteiger partial charge in [-0.3, -0.25) is 19.4 Å². The molecular formula is C30H25FN2O6. The maximum Gasteiger partial charge on any atom is 0.330 e. The van der Waals surface area contributed by atoms with E-state index in [1.807, 2.05) is 12.1 Å². The molecule has 0 aliphatic carbocycles. The Kier molecular flexibility index (Phi) is 5.57. The number of carbonyl (C=O) groups excluding carboxylic acids is 3. The van der Waals surface area contributed by atoms with E-state index in [9.17, 15) is 18.8 Å². The minimum Gasteiger partial charge on any atom is -0.497 e. The zero-order valence-electron chi connectivity index (χ0n) is 21.5. The molecule has 6 rings (SSSR count). The van der Waals surface area contributed by atoms with Crippen molar-refractivity contribution in [1.29, 1.82) is 0 Å². The lowest BCUT2D eigenvalue weighted by Crippen LogP contribution is -2.58. The van der Waals surface area contributed by atoms with Crippen molar-refractivity contribution in [1.82, 2.24) is 5.01 Å². The molecule has 9 heteroatoms. The van der Waals surface area contributed by atoms with E-state index in [4.69, 9.17) is 14.2 Å². The first-order valence-corrected chi connectivity index (χ1v) is 12.5. The number of nitrogens with zero attached hydrogens (tertiary/aromatic N) is 2. The fourth-order valence-electron chi connectivity index (χ4n) is 5.98. The molecule has 1 spiro atoms. The molecule has 0 bridgehead atoms. The molecule has 0 aromatic heterocycles. The fraction of sp³-hybridized carbons (Fsp3) is 0.267. The summed E-state index contributed by atoms with van der Waals surface area (Å²) in [6, 6.07) is 17.1. The number of ether oxygens (including phenoxy) is 3. The second-order valence-electron chi connectivity index (χ2n) is 10.3. The molecule has 0 radical (unpaired) electrons. The number of Topliss-reactive ketones (excluding diaryl/α,β-unsaturated/α-hetero) is 1. The SMILES string of the molecule is COc1ccc([C@H]2[C@@H](C(=O)c3ccc(F)cc3)N3N=Cc4ccccc4[C@@H]3C23C(=O)OC(C)(C)OC3=O)cc1. The topological polar surface area (TPSA) is 94.5 Å². The Morgan fingerprint density at radius 3 is 2.23 bits per heavy atom. The van der Waals surface area contributed by atoms with Gasteiger partial charge in [-0.05, 0) is 53.1 Å². The van der Waals surface area contributed by atoms with Gasteiger partial charge in [0.05, 0.1) is 13.3 Å². The van der Waals surface area contributed by atoms with E-state index in [0.29, 0.717) is 22.4 Å². The van der Waals surface area contributed by atoms with Gasteiger partial charge in [-0.2, -0.15) is 5.10 Å². The largest absolute Gasteiger partial charge is 0.497 e. The molecule has 3 aliphatic rings. The summed E-state index contributed by atoms with van der Waals surface area (Å²) >= 11 is 0. The maximum atomic E-state index is 14.2. The van der Waals surface area contributed by atoms with Crippen molar-refractivity contribution in [3.8, 4) is 5.75 Å². The number of benzene rings is 3. The number of hydrazone groups is 1. The molecule has 0 unspecified atom stereocenters. The summed E-state index contributed by atoms with van der Waals surface area (Å²) in [6.45, 7) is 2.97. The van der Waals surface area contributed by atoms with E-state index >= 15 is 0 Å². The van der Waals surface area contributed by atoms with Crippen LogP contribution in [-0.4, -0.2) is 47.9 Å². The smallest absolute Gasteiger partial charge is 0.330 e. The summed E-state index contributed by atoms with van der Waals surface area (Å²) in [5, 5.41) is 6.12. The van der Waals surface area contributed by atoms with Gasteiger partial charge in [0.2, 0.25) is 5.41 Å². The quantitative estimate of drug-likeness (QED) is 0.282. The Bertz CT molecular complexity index is 1500. The van der Waals surface area contributed by atoms with Crippen molar-refractivity contribution in [3.05, 3.63) is 101 Å². The van der Waals surface area contributed by atoms with Crippen molar-refractivity contribution in [2.45, 2.75) is 37.6 Å². The third-order valence-electron chi connectivity index (χ3n) is 7.63. The molecule has 3 aliphatic heterocycles. The van der Waals surface area contributed by atoms with Gasteiger partial charge in [-0.15, -0.1) is 0 Å². The average molecular weight is 529 g/mol. The third-order valence-corrected chi connectivity index (χ3v) is 7.63. The standard InChI is InChI=1S/C30H25FN2O6/c1-29(2)38-27(35)30(28(36)39-29)23(17-10-14-21(37-3)15-11-17)24(25(34)18-8-12-20(31)13-9-18)33-26(30)22-7-5-4-6-19(22)16-32-33/h4-16,23-24,26H,1-3H3/t23-,24-,26+/m0/s1. The summed E-state index contributed by atoms with van der Waals surface area (Å²) in [4.78, 5) is 42.6. The molecule has 8 nitrogen and oxygen atoms in total. The number of rotatable bonds is 4. The lowest BCUT2D eigenvalue weighted by atomic mass is 9.65. The molecule has 3 atom stereocenters. The zero-order valence-corrected chi connectivity index (χ0v) is 21.5. The van der Waals surface area contributed by atoms with E-state index in [1.54, 1.807) is 42.6 Å². The van der Waals surface area contributed by atoms with Crippen LogP contribution in [0.5, 0.6) is 5.75 Å². The highest BCUT2D eigenvalue weighted by Crippen LogP contribution is 2.63. The zero-order chi connectivity index (χ0) is 27.5. The number of halogens is 1. The van der Waals surface area contributed by atoms with Gasteiger partial charge in [0, 0.05) is 25.3 Å². The minimum atomic E-state index is -1.97. The van der Waals surface area contributed by atoms with Crippen LogP contribution >= 0.6 is 0 Å². The van der Waals surface area contributed by atoms with Gasteiger partial charge in [-0.25, -0.2) is 4.39 Å². The number of cyclic esters (lactones) is 2. The van der Waals surface area contributed by atoms with Crippen LogP contribution in [0.2, 0.25) is 0 Å². The molecule has 3 aromatic rings. The number of methoxy groups -OCH3 is 1. The van der Waals surface area contributed by atoms with Gasteiger partial charge in [0.1, 0.15) is 23.7 Å². The van der Waals surface area contributed by atoms with Crippen LogP contribution in [0.4, 0.5) is 4.39 Å². The van der Waals surface area contributed by atoms with Gasteiger partial charge in [0.15, 0.2) is 5.78 Å². The Hall–Kier alpha value is -4.53. The monoisotopic (exact) mass is 528 g/mol.